The van der Waals surface area contributed by atoms with Gasteiger partial charge < -0.3 is 5.11 Å². The molecule has 0 saturated heterocycles. The van der Waals surface area contributed by atoms with Gasteiger partial charge in [-0.2, -0.15) is 5.10 Å². The third-order valence-electron chi connectivity index (χ3n) is 3.57. The van der Waals surface area contributed by atoms with Crippen molar-refractivity contribution in [2.45, 2.75) is 45.6 Å². The number of fused-ring (bicyclic) bond motifs is 1. The number of carboxylic acid groups (broad SMARTS) is 1. The summed E-state index contributed by atoms with van der Waals surface area (Å²) in [6.07, 6.45) is 4.98. The summed E-state index contributed by atoms with van der Waals surface area (Å²) in [5.41, 5.74) is 2.40. The topological polar surface area (TPSA) is 55.1 Å². The molecule has 1 aliphatic rings. The first-order chi connectivity index (χ1) is 7.65. The van der Waals surface area contributed by atoms with Crippen molar-refractivity contribution in [3.05, 3.63) is 17.5 Å². The summed E-state index contributed by atoms with van der Waals surface area (Å²) < 4.78 is 1.96. The molecule has 2 atom stereocenters. The van der Waals surface area contributed by atoms with Crippen LogP contribution in [0.25, 0.3) is 0 Å². The molecule has 2 unspecified atom stereocenters. The van der Waals surface area contributed by atoms with Gasteiger partial charge in [0.25, 0.3) is 0 Å². The Morgan fingerprint density at radius 2 is 2.50 bits per heavy atom. The van der Waals surface area contributed by atoms with Crippen LogP contribution in [0.2, 0.25) is 0 Å². The highest BCUT2D eigenvalue weighted by Gasteiger charge is 2.32. The van der Waals surface area contributed by atoms with E-state index in [2.05, 4.69) is 5.10 Å². The minimum absolute atomic E-state index is 0.128. The first-order valence-corrected chi connectivity index (χ1v) is 5.92. The van der Waals surface area contributed by atoms with Crippen molar-refractivity contribution in [3.8, 4) is 0 Å². The SMILES string of the molecule is CCn1ncc2c1C(C(C)C(=O)O)CCC2. The van der Waals surface area contributed by atoms with Gasteiger partial charge in [-0.25, -0.2) is 0 Å². The van der Waals surface area contributed by atoms with E-state index in [1.165, 1.54) is 5.56 Å². The Bertz CT molecular complexity index is 384. The highest BCUT2D eigenvalue weighted by Crippen LogP contribution is 2.36. The van der Waals surface area contributed by atoms with E-state index in [-0.39, 0.29) is 11.8 Å². The Morgan fingerprint density at radius 1 is 1.75 bits per heavy atom. The van der Waals surface area contributed by atoms with Gasteiger partial charge >= 0.3 is 5.97 Å². The quantitative estimate of drug-likeness (QED) is 0.851. The van der Waals surface area contributed by atoms with E-state index in [1.807, 2.05) is 17.8 Å². The molecular weight excluding hydrogens is 204 g/mol. The fourth-order valence-electron chi connectivity index (χ4n) is 2.62. The second-order valence-electron chi connectivity index (χ2n) is 4.50. The third kappa shape index (κ3) is 1.72. The summed E-state index contributed by atoms with van der Waals surface area (Å²) in [5, 5.41) is 13.5. The van der Waals surface area contributed by atoms with Gasteiger partial charge in [-0.1, -0.05) is 6.92 Å². The van der Waals surface area contributed by atoms with Crippen LogP contribution in [0, 0.1) is 5.92 Å². The molecule has 2 rings (SSSR count). The lowest BCUT2D eigenvalue weighted by Crippen LogP contribution is -2.25. The monoisotopic (exact) mass is 222 g/mol. The molecule has 1 aromatic rings. The van der Waals surface area contributed by atoms with Crippen molar-refractivity contribution in [1.29, 1.82) is 0 Å². The van der Waals surface area contributed by atoms with Gasteiger partial charge in [0.1, 0.15) is 0 Å². The van der Waals surface area contributed by atoms with E-state index in [9.17, 15) is 4.79 Å². The molecule has 0 fully saturated rings. The summed E-state index contributed by atoms with van der Waals surface area (Å²) in [5.74, 6) is -0.897. The number of carboxylic acids is 1. The normalized spacial score (nSPS) is 21.5. The van der Waals surface area contributed by atoms with Crippen LogP contribution in [-0.2, 0) is 17.8 Å². The van der Waals surface area contributed by atoms with Crippen LogP contribution in [0.3, 0.4) is 0 Å². The maximum absolute atomic E-state index is 11.1. The van der Waals surface area contributed by atoms with E-state index < -0.39 is 5.97 Å². The zero-order valence-corrected chi connectivity index (χ0v) is 9.81. The molecule has 0 aliphatic heterocycles. The van der Waals surface area contributed by atoms with Crippen LogP contribution < -0.4 is 0 Å². The minimum Gasteiger partial charge on any atom is -0.481 e. The van der Waals surface area contributed by atoms with Gasteiger partial charge in [0.2, 0.25) is 0 Å². The molecule has 0 spiro atoms. The lowest BCUT2D eigenvalue weighted by molar-refractivity contribution is -0.142. The number of hydrogen-bond acceptors (Lipinski definition) is 2. The molecule has 0 radical (unpaired) electrons. The molecule has 0 amide bonds. The Morgan fingerprint density at radius 3 is 3.12 bits per heavy atom. The molecule has 4 heteroatoms. The largest absolute Gasteiger partial charge is 0.481 e. The van der Waals surface area contributed by atoms with Crippen LogP contribution in [0.5, 0.6) is 0 Å². The summed E-state index contributed by atoms with van der Waals surface area (Å²) >= 11 is 0. The van der Waals surface area contributed by atoms with Gasteiger partial charge in [-0.15, -0.1) is 0 Å². The standard InChI is InChI=1S/C12H18N2O2/c1-3-14-11-9(7-13-14)5-4-6-10(11)8(2)12(15)16/h7-8,10H,3-6H2,1-2H3,(H,15,16). The molecular formula is C12H18N2O2. The first-order valence-electron chi connectivity index (χ1n) is 5.92. The van der Waals surface area contributed by atoms with Gasteiger partial charge in [0.15, 0.2) is 0 Å². The van der Waals surface area contributed by atoms with Crippen molar-refractivity contribution >= 4 is 5.97 Å². The third-order valence-corrected chi connectivity index (χ3v) is 3.57. The number of carbonyl (C=O) groups is 1. The Balaban J connectivity index is 2.38. The molecule has 0 bridgehead atoms. The predicted octanol–water partition coefficient (Wildman–Crippen LogP) is 2.04. The highest BCUT2D eigenvalue weighted by molar-refractivity contribution is 5.71. The van der Waals surface area contributed by atoms with Crippen LogP contribution in [0.15, 0.2) is 6.20 Å². The molecule has 4 nitrogen and oxygen atoms in total. The van der Waals surface area contributed by atoms with Crippen molar-refractivity contribution in [2.75, 3.05) is 0 Å². The van der Waals surface area contributed by atoms with E-state index in [0.717, 1.165) is 31.5 Å². The molecule has 1 N–H and O–H groups in total. The molecule has 0 aromatic carbocycles. The van der Waals surface area contributed by atoms with Gasteiger partial charge in [0, 0.05) is 18.2 Å². The Hall–Kier alpha value is -1.32. The van der Waals surface area contributed by atoms with Crippen LogP contribution in [-0.4, -0.2) is 20.9 Å². The first kappa shape index (κ1) is 11.2. The Labute approximate surface area is 95.3 Å². The lowest BCUT2D eigenvalue weighted by Gasteiger charge is -2.27. The fourth-order valence-corrected chi connectivity index (χ4v) is 2.62. The van der Waals surface area contributed by atoms with E-state index in [4.69, 9.17) is 5.11 Å². The smallest absolute Gasteiger partial charge is 0.306 e. The van der Waals surface area contributed by atoms with Gasteiger partial charge in [-0.3, -0.25) is 9.48 Å². The zero-order valence-electron chi connectivity index (χ0n) is 9.81. The average Bonchev–Trinajstić information content (AvgIpc) is 2.70. The summed E-state index contributed by atoms with van der Waals surface area (Å²) in [4.78, 5) is 11.1. The molecule has 1 aliphatic carbocycles. The summed E-state index contributed by atoms with van der Waals surface area (Å²) in [7, 11) is 0. The molecule has 1 heterocycles. The Kier molecular flexibility index (Phi) is 2.99. The van der Waals surface area contributed by atoms with Gasteiger partial charge in [0.05, 0.1) is 12.1 Å². The minimum atomic E-state index is -0.707. The van der Waals surface area contributed by atoms with E-state index in [0.29, 0.717) is 0 Å². The van der Waals surface area contributed by atoms with Gasteiger partial charge in [-0.05, 0) is 31.7 Å². The second-order valence-corrected chi connectivity index (χ2v) is 4.50. The molecule has 88 valence electrons. The molecule has 16 heavy (non-hydrogen) atoms. The van der Waals surface area contributed by atoms with E-state index in [1.54, 1.807) is 6.92 Å². The van der Waals surface area contributed by atoms with Crippen molar-refractivity contribution in [3.63, 3.8) is 0 Å². The zero-order chi connectivity index (χ0) is 11.7. The maximum atomic E-state index is 11.1. The van der Waals surface area contributed by atoms with Crippen molar-refractivity contribution in [2.24, 2.45) is 5.92 Å². The number of aromatic nitrogens is 2. The predicted molar refractivity (Wildman–Crippen MR) is 60.4 cm³/mol. The maximum Gasteiger partial charge on any atom is 0.306 e. The fraction of sp³-hybridized carbons (Fsp3) is 0.667. The highest BCUT2D eigenvalue weighted by atomic mass is 16.4. The number of hydrogen-bond donors (Lipinski definition) is 1. The number of nitrogens with zero attached hydrogens (tertiary/aromatic N) is 2. The average molecular weight is 222 g/mol. The summed E-state index contributed by atoms with van der Waals surface area (Å²) in [6, 6.07) is 0. The number of rotatable bonds is 3. The summed E-state index contributed by atoms with van der Waals surface area (Å²) in [6.45, 7) is 4.66. The lowest BCUT2D eigenvalue weighted by atomic mass is 9.80. The van der Waals surface area contributed by atoms with Crippen LogP contribution >= 0.6 is 0 Å². The molecule has 0 saturated carbocycles. The van der Waals surface area contributed by atoms with Crippen molar-refractivity contribution in [1.82, 2.24) is 9.78 Å². The van der Waals surface area contributed by atoms with Crippen LogP contribution in [0.4, 0.5) is 0 Å². The second kappa shape index (κ2) is 4.28. The van der Waals surface area contributed by atoms with Crippen molar-refractivity contribution < 1.29 is 9.90 Å². The van der Waals surface area contributed by atoms with E-state index >= 15 is 0 Å². The number of aliphatic carboxylic acids is 1. The molecule has 1 aromatic heterocycles. The number of aryl methyl sites for hydroxylation is 2. The van der Waals surface area contributed by atoms with Crippen LogP contribution in [0.1, 0.15) is 43.9 Å².